The van der Waals surface area contributed by atoms with Crippen LogP contribution in [0.15, 0.2) is 54.6 Å². The van der Waals surface area contributed by atoms with Crippen molar-refractivity contribution in [2.24, 2.45) is 0 Å². The molecule has 0 saturated heterocycles. The number of hydrogen-bond acceptors (Lipinski definition) is 2. The Morgan fingerprint density at radius 2 is 1.61 bits per heavy atom. The van der Waals surface area contributed by atoms with Crippen LogP contribution in [0.25, 0.3) is 0 Å². The summed E-state index contributed by atoms with van der Waals surface area (Å²) in [5.41, 5.74) is 9.38. The Hall–Kier alpha value is -1.96. The van der Waals surface area contributed by atoms with Gasteiger partial charge in [-0.15, -0.1) is 0 Å². The molecule has 0 radical (unpaired) electrons. The largest absolute Gasteiger partial charge is 0.397 e. The van der Waals surface area contributed by atoms with Crippen molar-refractivity contribution in [1.29, 1.82) is 0 Å². The lowest BCUT2D eigenvalue weighted by atomic mass is 10.1. The Kier molecular flexibility index (Phi) is 4.24. The molecule has 0 bridgehead atoms. The van der Waals surface area contributed by atoms with Crippen molar-refractivity contribution in [2.75, 3.05) is 23.7 Å². The first-order valence-electron chi connectivity index (χ1n) is 6.44. The summed E-state index contributed by atoms with van der Waals surface area (Å²) in [7, 11) is 0. The lowest BCUT2D eigenvalue weighted by Gasteiger charge is -2.24. The van der Waals surface area contributed by atoms with Gasteiger partial charge in [-0.05, 0) is 31.0 Å². The third-order valence-electron chi connectivity index (χ3n) is 3.17. The minimum atomic E-state index is 0.854. The monoisotopic (exact) mass is 240 g/mol. The van der Waals surface area contributed by atoms with E-state index in [4.69, 9.17) is 5.73 Å². The van der Waals surface area contributed by atoms with Crippen molar-refractivity contribution < 1.29 is 0 Å². The summed E-state index contributed by atoms with van der Waals surface area (Å²) in [6.45, 7) is 4.13. The van der Waals surface area contributed by atoms with E-state index in [1.165, 1.54) is 5.56 Å². The second kappa shape index (κ2) is 6.10. The van der Waals surface area contributed by atoms with E-state index < -0.39 is 0 Å². The average molecular weight is 240 g/mol. The molecular weight excluding hydrogens is 220 g/mol. The van der Waals surface area contributed by atoms with Gasteiger partial charge in [-0.25, -0.2) is 0 Å². The van der Waals surface area contributed by atoms with Crippen LogP contribution in [-0.2, 0) is 6.42 Å². The van der Waals surface area contributed by atoms with Crippen molar-refractivity contribution >= 4 is 11.4 Å². The SMILES string of the molecule is CCN(CCc1ccccc1)c1ccccc1N. The van der Waals surface area contributed by atoms with Gasteiger partial charge in [0.15, 0.2) is 0 Å². The van der Waals surface area contributed by atoms with Crippen LogP contribution in [0.4, 0.5) is 11.4 Å². The van der Waals surface area contributed by atoms with Crippen LogP contribution in [0.5, 0.6) is 0 Å². The number of benzene rings is 2. The Morgan fingerprint density at radius 3 is 2.28 bits per heavy atom. The summed E-state index contributed by atoms with van der Waals surface area (Å²) in [5, 5.41) is 0. The molecular formula is C16H20N2. The quantitative estimate of drug-likeness (QED) is 0.812. The number of hydrogen-bond donors (Lipinski definition) is 1. The van der Waals surface area contributed by atoms with Crippen LogP contribution < -0.4 is 10.6 Å². The highest BCUT2D eigenvalue weighted by atomic mass is 15.1. The molecule has 2 aromatic carbocycles. The zero-order valence-electron chi connectivity index (χ0n) is 10.8. The van der Waals surface area contributed by atoms with Gasteiger partial charge in [0.05, 0.1) is 11.4 Å². The van der Waals surface area contributed by atoms with Crippen LogP contribution in [0.2, 0.25) is 0 Å². The van der Waals surface area contributed by atoms with Gasteiger partial charge < -0.3 is 10.6 Å². The van der Waals surface area contributed by atoms with Gasteiger partial charge in [-0.1, -0.05) is 42.5 Å². The molecule has 0 unspecified atom stereocenters. The van der Waals surface area contributed by atoms with E-state index in [-0.39, 0.29) is 0 Å². The Labute approximate surface area is 109 Å². The second-order valence-corrected chi connectivity index (χ2v) is 4.37. The summed E-state index contributed by atoms with van der Waals surface area (Å²) in [4.78, 5) is 2.32. The molecule has 0 aromatic heterocycles. The minimum absolute atomic E-state index is 0.854. The topological polar surface area (TPSA) is 29.3 Å². The Bertz CT molecular complexity index is 479. The highest BCUT2D eigenvalue weighted by Gasteiger charge is 2.07. The van der Waals surface area contributed by atoms with E-state index in [1.54, 1.807) is 0 Å². The predicted octanol–water partition coefficient (Wildman–Crippen LogP) is 3.34. The maximum atomic E-state index is 6.02. The smallest absolute Gasteiger partial charge is 0.0599 e. The molecule has 0 atom stereocenters. The van der Waals surface area contributed by atoms with Gasteiger partial charge in [-0.3, -0.25) is 0 Å². The highest BCUT2D eigenvalue weighted by molar-refractivity contribution is 5.67. The summed E-state index contributed by atoms with van der Waals surface area (Å²) in [5.74, 6) is 0. The summed E-state index contributed by atoms with van der Waals surface area (Å²) < 4.78 is 0. The number of nitrogens with zero attached hydrogens (tertiary/aromatic N) is 1. The van der Waals surface area contributed by atoms with Crippen LogP contribution in [0, 0.1) is 0 Å². The molecule has 0 heterocycles. The standard InChI is InChI=1S/C16H20N2/c1-2-18(16-11-7-6-10-15(16)17)13-12-14-8-4-3-5-9-14/h3-11H,2,12-13,17H2,1H3. The molecule has 0 amide bonds. The lowest BCUT2D eigenvalue weighted by molar-refractivity contribution is 0.810. The highest BCUT2D eigenvalue weighted by Crippen LogP contribution is 2.22. The summed E-state index contributed by atoms with van der Waals surface area (Å²) >= 11 is 0. The third-order valence-corrected chi connectivity index (χ3v) is 3.17. The third kappa shape index (κ3) is 3.04. The summed E-state index contributed by atoms with van der Waals surface area (Å²) in [6.07, 6.45) is 1.04. The fourth-order valence-electron chi connectivity index (χ4n) is 2.13. The number of nitrogens with two attached hydrogens (primary N) is 1. The Morgan fingerprint density at radius 1 is 0.944 bits per heavy atom. The fraction of sp³-hybridized carbons (Fsp3) is 0.250. The molecule has 18 heavy (non-hydrogen) atoms. The van der Waals surface area contributed by atoms with E-state index in [9.17, 15) is 0 Å². The first-order valence-corrected chi connectivity index (χ1v) is 6.44. The normalized spacial score (nSPS) is 10.3. The molecule has 2 rings (SSSR count). The molecule has 0 saturated carbocycles. The zero-order valence-corrected chi connectivity index (χ0v) is 10.8. The molecule has 94 valence electrons. The first-order chi connectivity index (χ1) is 8.81. The zero-order chi connectivity index (χ0) is 12.8. The summed E-state index contributed by atoms with van der Waals surface area (Å²) in [6, 6.07) is 18.6. The molecule has 0 aliphatic carbocycles. The molecule has 2 N–H and O–H groups in total. The number of nitrogen functional groups attached to an aromatic ring is 1. The number of rotatable bonds is 5. The molecule has 2 nitrogen and oxygen atoms in total. The molecule has 0 fully saturated rings. The van der Waals surface area contributed by atoms with Crippen molar-refractivity contribution in [3.05, 3.63) is 60.2 Å². The second-order valence-electron chi connectivity index (χ2n) is 4.37. The minimum Gasteiger partial charge on any atom is -0.397 e. The Balaban J connectivity index is 2.04. The maximum Gasteiger partial charge on any atom is 0.0599 e. The number of anilines is 2. The van der Waals surface area contributed by atoms with Gasteiger partial charge in [0.1, 0.15) is 0 Å². The van der Waals surface area contributed by atoms with Gasteiger partial charge in [0.2, 0.25) is 0 Å². The van der Waals surface area contributed by atoms with Gasteiger partial charge in [0.25, 0.3) is 0 Å². The van der Waals surface area contributed by atoms with Gasteiger partial charge in [0, 0.05) is 13.1 Å². The molecule has 2 heteroatoms. The van der Waals surface area contributed by atoms with E-state index in [2.05, 4.69) is 48.2 Å². The number of para-hydroxylation sites is 2. The van der Waals surface area contributed by atoms with E-state index in [0.717, 1.165) is 30.9 Å². The molecule has 2 aromatic rings. The predicted molar refractivity (Wildman–Crippen MR) is 78.9 cm³/mol. The first kappa shape index (κ1) is 12.5. The van der Waals surface area contributed by atoms with Gasteiger partial charge in [-0.2, -0.15) is 0 Å². The van der Waals surface area contributed by atoms with Gasteiger partial charge >= 0.3 is 0 Å². The average Bonchev–Trinajstić information content (AvgIpc) is 2.42. The van der Waals surface area contributed by atoms with Crippen LogP contribution in [-0.4, -0.2) is 13.1 Å². The molecule has 0 spiro atoms. The van der Waals surface area contributed by atoms with Crippen molar-refractivity contribution in [2.45, 2.75) is 13.3 Å². The number of likely N-dealkylation sites (N-methyl/N-ethyl adjacent to an activating group) is 1. The van der Waals surface area contributed by atoms with Crippen molar-refractivity contribution in [3.63, 3.8) is 0 Å². The van der Waals surface area contributed by atoms with Crippen LogP contribution in [0.1, 0.15) is 12.5 Å². The van der Waals surface area contributed by atoms with Crippen molar-refractivity contribution in [1.82, 2.24) is 0 Å². The van der Waals surface area contributed by atoms with E-state index in [0.29, 0.717) is 0 Å². The van der Waals surface area contributed by atoms with Crippen LogP contribution in [0.3, 0.4) is 0 Å². The molecule has 0 aliphatic heterocycles. The van der Waals surface area contributed by atoms with E-state index >= 15 is 0 Å². The molecule has 0 aliphatic rings. The fourth-order valence-corrected chi connectivity index (χ4v) is 2.13. The maximum absolute atomic E-state index is 6.02. The van der Waals surface area contributed by atoms with Crippen molar-refractivity contribution in [3.8, 4) is 0 Å². The van der Waals surface area contributed by atoms with E-state index in [1.807, 2.05) is 18.2 Å². The lowest BCUT2D eigenvalue weighted by Crippen LogP contribution is -2.26. The van der Waals surface area contributed by atoms with Crippen LogP contribution >= 0.6 is 0 Å².